The number of hydrogen-bond donors (Lipinski definition) is 0. The van der Waals surface area contributed by atoms with E-state index in [1.807, 2.05) is 0 Å². The zero-order valence-electron chi connectivity index (χ0n) is 19.4. The molecule has 160 valence electrons. The highest BCUT2D eigenvalue weighted by molar-refractivity contribution is 5.41. The van der Waals surface area contributed by atoms with E-state index in [2.05, 4.69) is 69.3 Å². The predicted octanol–water partition coefficient (Wildman–Crippen LogP) is 9.25. The standard InChI is InChI=1S/C29H44/c1-4-6-8-10-12-14-20-27-22-16-18-24-29(27)25(3)28-23-17-15-21-26(28)19-13-11-9-7-5-2/h15-18,21-25H,4-14,19-20H2,1-3H3. The van der Waals surface area contributed by atoms with Crippen LogP contribution >= 0.6 is 0 Å². The van der Waals surface area contributed by atoms with Gasteiger partial charge in [-0.2, -0.15) is 0 Å². The molecule has 0 aromatic heterocycles. The van der Waals surface area contributed by atoms with Crippen molar-refractivity contribution in [1.82, 2.24) is 0 Å². The highest BCUT2D eigenvalue weighted by atomic mass is 14.2. The normalized spacial score (nSPS) is 12.2. The fraction of sp³-hybridized carbons (Fsp3) is 0.586. The van der Waals surface area contributed by atoms with E-state index in [0.717, 1.165) is 0 Å². The molecule has 0 nitrogen and oxygen atoms in total. The third kappa shape index (κ3) is 8.37. The van der Waals surface area contributed by atoms with Gasteiger partial charge < -0.3 is 0 Å². The number of aryl methyl sites for hydroxylation is 2. The lowest BCUT2D eigenvalue weighted by molar-refractivity contribution is 0.606. The first-order chi connectivity index (χ1) is 14.3. The molecule has 2 aromatic carbocycles. The first-order valence-electron chi connectivity index (χ1n) is 12.4. The van der Waals surface area contributed by atoms with Crippen molar-refractivity contribution in [3.8, 4) is 0 Å². The van der Waals surface area contributed by atoms with Crippen LogP contribution in [0.3, 0.4) is 0 Å². The van der Waals surface area contributed by atoms with E-state index in [-0.39, 0.29) is 0 Å². The Morgan fingerprint density at radius 1 is 0.517 bits per heavy atom. The maximum absolute atomic E-state index is 2.41. The first kappa shape index (κ1) is 23.7. The van der Waals surface area contributed by atoms with Gasteiger partial charge in [0.25, 0.3) is 0 Å². The lowest BCUT2D eigenvalue weighted by Crippen LogP contribution is -2.05. The number of benzene rings is 2. The Hall–Kier alpha value is -1.56. The van der Waals surface area contributed by atoms with Gasteiger partial charge in [-0.05, 0) is 47.9 Å². The molecule has 0 bridgehead atoms. The fourth-order valence-corrected chi connectivity index (χ4v) is 4.55. The first-order valence-corrected chi connectivity index (χ1v) is 12.4. The minimum Gasteiger partial charge on any atom is -0.0654 e. The van der Waals surface area contributed by atoms with Gasteiger partial charge in [-0.1, -0.05) is 127 Å². The lowest BCUT2D eigenvalue weighted by Gasteiger charge is -2.20. The molecule has 1 atom stereocenters. The third-order valence-corrected chi connectivity index (χ3v) is 6.39. The van der Waals surface area contributed by atoms with Gasteiger partial charge in [0.15, 0.2) is 0 Å². The molecular weight excluding hydrogens is 348 g/mol. The summed E-state index contributed by atoms with van der Waals surface area (Å²) in [6, 6.07) is 18.4. The van der Waals surface area contributed by atoms with Crippen LogP contribution in [0, 0.1) is 0 Å². The van der Waals surface area contributed by atoms with Crippen LogP contribution in [0.5, 0.6) is 0 Å². The smallest absolute Gasteiger partial charge is 0.00664 e. The Kier molecular flexibility index (Phi) is 11.8. The Morgan fingerprint density at radius 3 is 1.34 bits per heavy atom. The van der Waals surface area contributed by atoms with Crippen molar-refractivity contribution in [2.75, 3.05) is 0 Å². The quantitative estimate of drug-likeness (QED) is 0.265. The van der Waals surface area contributed by atoms with E-state index < -0.39 is 0 Å². The minimum absolute atomic E-state index is 0.484. The summed E-state index contributed by atoms with van der Waals surface area (Å²) < 4.78 is 0. The topological polar surface area (TPSA) is 0 Å². The number of unbranched alkanes of at least 4 members (excludes halogenated alkanes) is 9. The van der Waals surface area contributed by atoms with E-state index in [9.17, 15) is 0 Å². The zero-order chi connectivity index (χ0) is 20.7. The molecule has 2 rings (SSSR count). The average Bonchev–Trinajstić information content (AvgIpc) is 2.76. The van der Waals surface area contributed by atoms with Gasteiger partial charge in [0.2, 0.25) is 0 Å². The molecule has 0 amide bonds. The van der Waals surface area contributed by atoms with Gasteiger partial charge in [0.1, 0.15) is 0 Å². The van der Waals surface area contributed by atoms with E-state index in [0.29, 0.717) is 5.92 Å². The molecule has 0 aliphatic heterocycles. The van der Waals surface area contributed by atoms with Crippen LogP contribution in [0.25, 0.3) is 0 Å². The molecule has 0 radical (unpaired) electrons. The van der Waals surface area contributed by atoms with Gasteiger partial charge in [-0.15, -0.1) is 0 Å². The van der Waals surface area contributed by atoms with Gasteiger partial charge in [0, 0.05) is 5.92 Å². The molecule has 29 heavy (non-hydrogen) atoms. The zero-order valence-corrected chi connectivity index (χ0v) is 19.4. The molecule has 2 aromatic rings. The molecule has 0 heterocycles. The molecule has 0 saturated carbocycles. The molecular formula is C29H44. The second kappa shape index (κ2) is 14.4. The predicted molar refractivity (Wildman–Crippen MR) is 130 cm³/mol. The monoisotopic (exact) mass is 392 g/mol. The third-order valence-electron chi connectivity index (χ3n) is 6.39. The van der Waals surface area contributed by atoms with E-state index in [1.54, 1.807) is 22.3 Å². The van der Waals surface area contributed by atoms with Crippen molar-refractivity contribution in [3.05, 3.63) is 70.8 Å². The summed E-state index contributed by atoms with van der Waals surface area (Å²) in [7, 11) is 0. The van der Waals surface area contributed by atoms with E-state index >= 15 is 0 Å². The van der Waals surface area contributed by atoms with E-state index in [1.165, 1.54) is 83.5 Å². The Bertz CT molecular complexity index is 669. The second-order valence-electron chi connectivity index (χ2n) is 8.80. The molecule has 0 fully saturated rings. The van der Waals surface area contributed by atoms with Crippen molar-refractivity contribution in [2.45, 2.75) is 110 Å². The maximum Gasteiger partial charge on any atom is 0.00664 e. The summed E-state index contributed by atoms with van der Waals surface area (Å²) in [5.41, 5.74) is 6.21. The van der Waals surface area contributed by atoms with Crippen molar-refractivity contribution in [2.24, 2.45) is 0 Å². The summed E-state index contributed by atoms with van der Waals surface area (Å²) in [4.78, 5) is 0. The van der Waals surface area contributed by atoms with Gasteiger partial charge in [0.05, 0.1) is 0 Å². The summed E-state index contributed by atoms with van der Waals surface area (Å²) in [6.45, 7) is 7.00. The minimum atomic E-state index is 0.484. The van der Waals surface area contributed by atoms with Crippen LogP contribution in [-0.4, -0.2) is 0 Å². The van der Waals surface area contributed by atoms with Crippen LogP contribution in [0.15, 0.2) is 48.5 Å². The van der Waals surface area contributed by atoms with Crippen LogP contribution in [-0.2, 0) is 12.8 Å². The average molecular weight is 393 g/mol. The summed E-state index contributed by atoms with van der Waals surface area (Å²) in [5.74, 6) is 0.484. The van der Waals surface area contributed by atoms with Gasteiger partial charge in [-0.3, -0.25) is 0 Å². The molecule has 0 saturated heterocycles. The number of hydrogen-bond acceptors (Lipinski definition) is 0. The largest absolute Gasteiger partial charge is 0.0654 e. The Balaban J connectivity index is 2.00. The van der Waals surface area contributed by atoms with Crippen molar-refractivity contribution < 1.29 is 0 Å². The SMILES string of the molecule is CCCCCCCCc1ccccc1C(C)c1ccccc1CCCCCCC. The van der Waals surface area contributed by atoms with Crippen LogP contribution in [0.1, 0.15) is 120 Å². The van der Waals surface area contributed by atoms with Gasteiger partial charge in [-0.25, -0.2) is 0 Å². The summed E-state index contributed by atoms with van der Waals surface area (Å²) >= 11 is 0. The molecule has 0 aliphatic rings. The lowest BCUT2D eigenvalue weighted by atomic mass is 9.84. The maximum atomic E-state index is 2.41. The second-order valence-corrected chi connectivity index (χ2v) is 8.80. The molecule has 0 heteroatoms. The molecule has 0 N–H and O–H groups in total. The van der Waals surface area contributed by atoms with Crippen molar-refractivity contribution in [3.63, 3.8) is 0 Å². The summed E-state index contributed by atoms with van der Waals surface area (Å²) in [6.07, 6.45) is 17.4. The Morgan fingerprint density at radius 2 is 0.897 bits per heavy atom. The highest BCUT2D eigenvalue weighted by Crippen LogP contribution is 2.31. The molecule has 0 spiro atoms. The Labute approximate surface area is 181 Å². The number of rotatable bonds is 15. The summed E-state index contributed by atoms with van der Waals surface area (Å²) in [5, 5.41) is 0. The van der Waals surface area contributed by atoms with Crippen LogP contribution in [0.2, 0.25) is 0 Å². The van der Waals surface area contributed by atoms with Gasteiger partial charge >= 0.3 is 0 Å². The highest BCUT2D eigenvalue weighted by Gasteiger charge is 2.15. The van der Waals surface area contributed by atoms with Crippen molar-refractivity contribution >= 4 is 0 Å². The molecule has 1 unspecified atom stereocenters. The molecule has 0 aliphatic carbocycles. The van der Waals surface area contributed by atoms with Crippen LogP contribution in [0.4, 0.5) is 0 Å². The van der Waals surface area contributed by atoms with Crippen molar-refractivity contribution in [1.29, 1.82) is 0 Å². The van der Waals surface area contributed by atoms with E-state index in [4.69, 9.17) is 0 Å². The fourth-order valence-electron chi connectivity index (χ4n) is 4.55. The van der Waals surface area contributed by atoms with Crippen LogP contribution < -0.4 is 0 Å².